The van der Waals surface area contributed by atoms with Crippen LogP contribution in [0.2, 0.25) is 0 Å². The molecule has 0 aliphatic carbocycles. The topological polar surface area (TPSA) is 41.8 Å². The van der Waals surface area contributed by atoms with Crippen LogP contribution < -0.4 is 4.74 Å². The molecular weight excluding hydrogens is 250 g/mol. The summed E-state index contributed by atoms with van der Waals surface area (Å²) in [5.74, 6) is 0.853. The van der Waals surface area contributed by atoms with Crippen molar-refractivity contribution >= 4 is 6.21 Å². The van der Waals surface area contributed by atoms with Gasteiger partial charge in [-0.2, -0.15) is 0 Å². The van der Waals surface area contributed by atoms with E-state index >= 15 is 0 Å². The van der Waals surface area contributed by atoms with E-state index in [1.165, 1.54) is 5.56 Å². The highest BCUT2D eigenvalue weighted by atomic mass is 16.5. The molecule has 3 nitrogen and oxygen atoms in total. The van der Waals surface area contributed by atoms with Gasteiger partial charge in [-0.3, -0.25) is 4.99 Å². The maximum atomic E-state index is 9.95. The van der Waals surface area contributed by atoms with E-state index < -0.39 is 0 Å². The van der Waals surface area contributed by atoms with Gasteiger partial charge in [-0.1, -0.05) is 30.3 Å². The van der Waals surface area contributed by atoms with Gasteiger partial charge in [0.25, 0.3) is 0 Å². The largest absolute Gasteiger partial charge is 0.507 e. The molecule has 0 heterocycles. The van der Waals surface area contributed by atoms with Gasteiger partial charge in [0, 0.05) is 24.4 Å². The third kappa shape index (κ3) is 3.60. The van der Waals surface area contributed by atoms with Gasteiger partial charge in [0.05, 0.1) is 7.11 Å². The highest BCUT2D eigenvalue weighted by molar-refractivity contribution is 5.85. The second-order valence-corrected chi connectivity index (χ2v) is 4.65. The van der Waals surface area contributed by atoms with E-state index in [0.29, 0.717) is 12.3 Å². The molecule has 0 amide bonds. The van der Waals surface area contributed by atoms with Crippen LogP contribution in [-0.2, 0) is 6.42 Å². The molecule has 0 radical (unpaired) electrons. The van der Waals surface area contributed by atoms with Crippen molar-refractivity contribution in [2.24, 2.45) is 4.99 Å². The second kappa shape index (κ2) is 6.75. The van der Waals surface area contributed by atoms with Crippen molar-refractivity contribution in [3.05, 3.63) is 59.2 Å². The average Bonchev–Trinajstić information content (AvgIpc) is 2.46. The predicted octanol–water partition coefficient (Wildman–Crippen LogP) is 3.37. The Kier molecular flexibility index (Phi) is 4.77. The third-order valence-electron chi connectivity index (χ3n) is 3.17. The number of ether oxygens (including phenoxy) is 1. The Hall–Kier alpha value is -2.29. The highest BCUT2D eigenvalue weighted by Crippen LogP contribution is 2.25. The molecule has 0 spiro atoms. The number of hydrogen-bond donors (Lipinski definition) is 1. The summed E-state index contributed by atoms with van der Waals surface area (Å²) in [7, 11) is 1.59. The number of methoxy groups -OCH3 is 1. The van der Waals surface area contributed by atoms with Crippen LogP contribution >= 0.6 is 0 Å². The zero-order valence-corrected chi connectivity index (χ0v) is 11.8. The van der Waals surface area contributed by atoms with Crippen LogP contribution in [-0.4, -0.2) is 25.0 Å². The minimum absolute atomic E-state index is 0.199. The first kappa shape index (κ1) is 14.1. The molecule has 2 aromatic rings. The lowest BCUT2D eigenvalue weighted by Gasteiger charge is -2.07. The molecule has 0 saturated heterocycles. The normalized spacial score (nSPS) is 10.9. The van der Waals surface area contributed by atoms with Crippen LogP contribution in [0.15, 0.2) is 47.5 Å². The van der Waals surface area contributed by atoms with Gasteiger partial charge in [0.1, 0.15) is 11.5 Å². The molecule has 0 aromatic heterocycles. The molecule has 0 unspecified atom stereocenters. The summed E-state index contributed by atoms with van der Waals surface area (Å²) < 4.78 is 5.11. The molecule has 3 heteroatoms. The molecule has 0 aliphatic heterocycles. The molecule has 1 N–H and O–H groups in total. The van der Waals surface area contributed by atoms with Crippen LogP contribution in [0, 0.1) is 6.92 Å². The van der Waals surface area contributed by atoms with Gasteiger partial charge in [-0.25, -0.2) is 0 Å². The lowest BCUT2D eigenvalue weighted by atomic mass is 10.1. The Bertz CT molecular complexity index is 568. The monoisotopic (exact) mass is 269 g/mol. The summed E-state index contributed by atoms with van der Waals surface area (Å²) in [6.45, 7) is 2.63. The van der Waals surface area contributed by atoms with Crippen molar-refractivity contribution < 1.29 is 9.84 Å². The van der Waals surface area contributed by atoms with Crippen molar-refractivity contribution in [3.8, 4) is 11.5 Å². The number of benzene rings is 2. The Morgan fingerprint density at radius 1 is 1.20 bits per heavy atom. The number of nitrogens with zero attached hydrogens (tertiary/aromatic N) is 1. The minimum atomic E-state index is 0.199. The standard InChI is InChI=1S/C17H19NO2/c1-13-10-15(20-2)11-17(19)16(13)12-18-9-8-14-6-4-3-5-7-14/h3-7,10-12,19H,8-9H2,1-2H3. The first-order valence-corrected chi connectivity index (χ1v) is 6.62. The van der Waals surface area contributed by atoms with Crippen LogP contribution in [0.4, 0.5) is 0 Å². The molecule has 2 rings (SSSR count). The molecule has 0 atom stereocenters. The number of phenols is 1. The van der Waals surface area contributed by atoms with Crippen molar-refractivity contribution in [1.82, 2.24) is 0 Å². The minimum Gasteiger partial charge on any atom is -0.507 e. The molecule has 0 aliphatic rings. The quantitative estimate of drug-likeness (QED) is 0.846. The molecule has 0 fully saturated rings. The van der Waals surface area contributed by atoms with Crippen LogP contribution in [0.1, 0.15) is 16.7 Å². The number of aromatic hydroxyl groups is 1. The predicted molar refractivity (Wildman–Crippen MR) is 82.0 cm³/mol. The maximum absolute atomic E-state index is 9.95. The molecule has 20 heavy (non-hydrogen) atoms. The van der Waals surface area contributed by atoms with Crippen LogP contribution in [0.5, 0.6) is 11.5 Å². The van der Waals surface area contributed by atoms with Gasteiger partial charge in [-0.05, 0) is 30.5 Å². The van der Waals surface area contributed by atoms with Crippen molar-refractivity contribution in [3.63, 3.8) is 0 Å². The summed E-state index contributed by atoms with van der Waals surface area (Å²) >= 11 is 0. The third-order valence-corrected chi connectivity index (χ3v) is 3.17. The molecule has 104 valence electrons. The maximum Gasteiger partial charge on any atom is 0.128 e. The van der Waals surface area contributed by atoms with Gasteiger partial charge >= 0.3 is 0 Å². The van der Waals surface area contributed by atoms with E-state index in [-0.39, 0.29) is 5.75 Å². The first-order valence-electron chi connectivity index (χ1n) is 6.62. The fraction of sp³-hybridized carbons (Fsp3) is 0.235. The lowest BCUT2D eigenvalue weighted by molar-refractivity contribution is 0.407. The Morgan fingerprint density at radius 2 is 1.95 bits per heavy atom. The number of rotatable bonds is 5. The summed E-state index contributed by atoms with van der Waals surface area (Å²) in [6, 6.07) is 13.7. The van der Waals surface area contributed by atoms with Crippen molar-refractivity contribution in [1.29, 1.82) is 0 Å². The summed E-state index contributed by atoms with van der Waals surface area (Å²) in [5, 5.41) is 9.95. The Labute approximate surface area is 119 Å². The average molecular weight is 269 g/mol. The number of phenolic OH excluding ortho intramolecular Hbond substituents is 1. The first-order chi connectivity index (χ1) is 9.70. The van der Waals surface area contributed by atoms with Crippen LogP contribution in [0.25, 0.3) is 0 Å². The number of hydrogen-bond acceptors (Lipinski definition) is 3. The van der Waals surface area contributed by atoms with Crippen LogP contribution in [0.3, 0.4) is 0 Å². The van der Waals surface area contributed by atoms with E-state index in [4.69, 9.17) is 4.74 Å². The molecule has 2 aromatic carbocycles. The summed E-state index contributed by atoms with van der Waals surface area (Å²) in [6.07, 6.45) is 2.63. The molecule has 0 bridgehead atoms. The fourth-order valence-electron chi connectivity index (χ4n) is 2.03. The van der Waals surface area contributed by atoms with E-state index in [0.717, 1.165) is 17.5 Å². The lowest BCUT2D eigenvalue weighted by Crippen LogP contribution is -1.94. The van der Waals surface area contributed by atoms with E-state index in [1.54, 1.807) is 19.4 Å². The highest BCUT2D eigenvalue weighted by Gasteiger charge is 2.05. The van der Waals surface area contributed by atoms with Gasteiger partial charge in [0.2, 0.25) is 0 Å². The molecule has 0 saturated carbocycles. The summed E-state index contributed by atoms with van der Waals surface area (Å²) in [4.78, 5) is 4.39. The Morgan fingerprint density at radius 3 is 2.60 bits per heavy atom. The zero-order valence-electron chi connectivity index (χ0n) is 11.8. The number of aryl methyl sites for hydroxylation is 1. The van der Waals surface area contributed by atoms with Gasteiger partial charge < -0.3 is 9.84 Å². The Balaban J connectivity index is 2.01. The number of aliphatic imine (C=N–C) groups is 1. The van der Waals surface area contributed by atoms with E-state index in [2.05, 4.69) is 17.1 Å². The SMILES string of the molecule is COc1cc(C)c(C=NCCc2ccccc2)c(O)c1. The zero-order chi connectivity index (χ0) is 14.4. The molecular formula is C17H19NO2. The van der Waals surface area contributed by atoms with Crippen molar-refractivity contribution in [2.45, 2.75) is 13.3 Å². The van der Waals surface area contributed by atoms with Gasteiger partial charge in [-0.15, -0.1) is 0 Å². The van der Waals surface area contributed by atoms with E-state index in [9.17, 15) is 5.11 Å². The smallest absolute Gasteiger partial charge is 0.128 e. The van der Waals surface area contributed by atoms with Gasteiger partial charge in [0.15, 0.2) is 0 Å². The fourth-order valence-corrected chi connectivity index (χ4v) is 2.03. The van der Waals surface area contributed by atoms with Crippen molar-refractivity contribution in [2.75, 3.05) is 13.7 Å². The summed E-state index contributed by atoms with van der Waals surface area (Å²) in [5.41, 5.74) is 2.96. The second-order valence-electron chi connectivity index (χ2n) is 4.65. The van der Waals surface area contributed by atoms with E-state index in [1.807, 2.05) is 31.2 Å².